The molecule has 0 saturated carbocycles. The quantitative estimate of drug-likeness (QED) is 0.577. The van der Waals surface area contributed by atoms with Crippen LogP contribution in [0, 0.1) is 0 Å². The number of hydrogen-bond acceptors (Lipinski definition) is 3. The first-order chi connectivity index (χ1) is 13.2. The van der Waals surface area contributed by atoms with E-state index in [0.29, 0.717) is 0 Å². The van der Waals surface area contributed by atoms with E-state index in [0.717, 1.165) is 39.4 Å². The number of rotatable bonds is 4. The fourth-order valence-corrected chi connectivity index (χ4v) is 3.20. The van der Waals surface area contributed by atoms with Gasteiger partial charge < -0.3 is 10.4 Å². The van der Waals surface area contributed by atoms with Gasteiger partial charge in [0.2, 0.25) is 5.91 Å². The monoisotopic (exact) mass is 357 g/mol. The molecule has 0 unspecified atom stereocenters. The Morgan fingerprint density at radius 2 is 1.85 bits per heavy atom. The van der Waals surface area contributed by atoms with Crippen LogP contribution in [0.25, 0.3) is 28.1 Å². The Kier molecular flexibility index (Phi) is 4.44. The molecule has 0 spiro atoms. The minimum Gasteiger partial charge on any atom is -0.392 e. The van der Waals surface area contributed by atoms with Crippen LogP contribution >= 0.6 is 0 Å². The summed E-state index contributed by atoms with van der Waals surface area (Å²) in [5.74, 6) is 0.662. The molecule has 27 heavy (non-hydrogen) atoms. The molecule has 0 radical (unpaired) electrons. The highest BCUT2D eigenvalue weighted by Crippen LogP contribution is 2.30. The van der Waals surface area contributed by atoms with Crippen molar-refractivity contribution in [2.45, 2.75) is 13.5 Å². The van der Waals surface area contributed by atoms with Gasteiger partial charge in [0.05, 0.1) is 17.6 Å². The number of hydrogen-bond donors (Lipinski definition) is 2. The van der Waals surface area contributed by atoms with Crippen LogP contribution in [0.4, 0.5) is 5.69 Å². The smallest absolute Gasteiger partial charge is 0.221 e. The number of para-hydroxylation sites is 1. The number of benzene rings is 3. The summed E-state index contributed by atoms with van der Waals surface area (Å²) < 4.78 is 2.09. The number of anilines is 1. The summed E-state index contributed by atoms with van der Waals surface area (Å²) in [7, 11) is 0. The summed E-state index contributed by atoms with van der Waals surface area (Å²) >= 11 is 0. The number of nitrogens with one attached hydrogen (secondary N) is 1. The number of carbonyl (C=O) groups is 1. The summed E-state index contributed by atoms with van der Waals surface area (Å²) in [5.41, 5.74) is 5.20. The van der Waals surface area contributed by atoms with Gasteiger partial charge in [-0.15, -0.1) is 0 Å². The second-order valence-electron chi connectivity index (χ2n) is 6.35. The predicted molar refractivity (Wildman–Crippen MR) is 107 cm³/mol. The van der Waals surface area contributed by atoms with E-state index in [2.05, 4.69) is 9.88 Å². The molecule has 5 heteroatoms. The second kappa shape index (κ2) is 7.05. The average molecular weight is 357 g/mol. The van der Waals surface area contributed by atoms with Crippen molar-refractivity contribution in [2.75, 3.05) is 5.32 Å². The van der Waals surface area contributed by atoms with Gasteiger partial charge in [0.15, 0.2) is 0 Å². The van der Waals surface area contributed by atoms with E-state index < -0.39 is 0 Å². The van der Waals surface area contributed by atoms with E-state index in [1.165, 1.54) is 6.92 Å². The predicted octanol–water partition coefficient (Wildman–Crippen LogP) is 4.14. The number of aromatic nitrogens is 2. The van der Waals surface area contributed by atoms with Gasteiger partial charge in [-0.25, -0.2) is 4.98 Å². The molecule has 4 aromatic rings. The maximum Gasteiger partial charge on any atom is 0.221 e. The van der Waals surface area contributed by atoms with Gasteiger partial charge in [-0.05, 0) is 42.0 Å². The normalized spacial score (nSPS) is 10.9. The molecular weight excluding hydrogens is 338 g/mol. The molecule has 5 nitrogen and oxygen atoms in total. The SMILES string of the molecule is CC(=O)Nc1cccc(-c2nc3cc(CO)ccc3n2-c2ccccc2)c1. The largest absolute Gasteiger partial charge is 0.392 e. The molecule has 4 rings (SSSR count). The van der Waals surface area contributed by atoms with Crippen LogP contribution in [0.2, 0.25) is 0 Å². The third-order valence-electron chi connectivity index (χ3n) is 4.36. The van der Waals surface area contributed by atoms with Crippen LogP contribution in [0.3, 0.4) is 0 Å². The summed E-state index contributed by atoms with van der Waals surface area (Å²) in [6.07, 6.45) is 0. The Labute approximate surface area is 156 Å². The molecule has 0 bridgehead atoms. The lowest BCUT2D eigenvalue weighted by Gasteiger charge is -2.11. The van der Waals surface area contributed by atoms with Gasteiger partial charge in [0.1, 0.15) is 5.82 Å². The van der Waals surface area contributed by atoms with E-state index >= 15 is 0 Å². The molecule has 0 fully saturated rings. The van der Waals surface area contributed by atoms with E-state index in [4.69, 9.17) is 4.98 Å². The van der Waals surface area contributed by atoms with E-state index in [-0.39, 0.29) is 12.5 Å². The standard InChI is InChI=1S/C22H19N3O2/c1-15(27)23-18-7-5-6-17(13-18)22-24-20-12-16(14-26)10-11-21(20)25(22)19-8-3-2-4-9-19/h2-13,26H,14H2,1H3,(H,23,27). The Balaban J connectivity index is 1.95. The lowest BCUT2D eigenvalue weighted by molar-refractivity contribution is -0.114. The first kappa shape index (κ1) is 17.0. The summed E-state index contributed by atoms with van der Waals surface area (Å²) in [4.78, 5) is 16.2. The molecule has 1 amide bonds. The lowest BCUT2D eigenvalue weighted by Crippen LogP contribution is -2.05. The molecule has 0 aliphatic carbocycles. The molecule has 0 aliphatic rings. The van der Waals surface area contributed by atoms with Crippen LogP contribution in [0.15, 0.2) is 72.8 Å². The maximum atomic E-state index is 11.4. The molecule has 3 aromatic carbocycles. The Bertz CT molecular complexity index is 1120. The molecule has 2 N–H and O–H groups in total. The summed E-state index contributed by atoms with van der Waals surface area (Å²) in [5, 5.41) is 12.3. The Morgan fingerprint density at radius 3 is 2.59 bits per heavy atom. The van der Waals surface area contributed by atoms with Crippen LogP contribution in [0.1, 0.15) is 12.5 Å². The van der Waals surface area contributed by atoms with Gasteiger partial charge >= 0.3 is 0 Å². The summed E-state index contributed by atoms with van der Waals surface area (Å²) in [6, 6.07) is 23.4. The van der Waals surface area contributed by atoms with Gasteiger partial charge in [0.25, 0.3) is 0 Å². The second-order valence-corrected chi connectivity index (χ2v) is 6.35. The average Bonchev–Trinajstić information content (AvgIpc) is 3.07. The van der Waals surface area contributed by atoms with Crippen molar-refractivity contribution in [1.29, 1.82) is 0 Å². The number of nitrogens with zero attached hydrogens (tertiary/aromatic N) is 2. The molecule has 0 saturated heterocycles. The third kappa shape index (κ3) is 3.32. The zero-order valence-electron chi connectivity index (χ0n) is 14.9. The number of aliphatic hydroxyl groups excluding tert-OH is 1. The highest BCUT2D eigenvalue weighted by molar-refractivity contribution is 5.90. The van der Waals surface area contributed by atoms with Gasteiger partial charge in [0, 0.05) is 23.9 Å². The number of carbonyl (C=O) groups excluding carboxylic acids is 1. The van der Waals surface area contributed by atoms with E-state index in [9.17, 15) is 9.90 Å². The van der Waals surface area contributed by atoms with Crippen molar-refractivity contribution in [3.8, 4) is 17.1 Å². The van der Waals surface area contributed by atoms with Crippen molar-refractivity contribution in [2.24, 2.45) is 0 Å². The molecule has 134 valence electrons. The van der Waals surface area contributed by atoms with Crippen molar-refractivity contribution < 1.29 is 9.90 Å². The number of fused-ring (bicyclic) bond motifs is 1. The molecule has 0 atom stereocenters. The zero-order chi connectivity index (χ0) is 18.8. The zero-order valence-corrected chi connectivity index (χ0v) is 14.9. The van der Waals surface area contributed by atoms with Gasteiger partial charge in [-0.3, -0.25) is 9.36 Å². The number of imidazole rings is 1. The van der Waals surface area contributed by atoms with Gasteiger partial charge in [-0.1, -0.05) is 36.4 Å². The molecule has 1 aromatic heterocycles. The van der Waals surface area contributed by atoms with E-state index in [1.54, 1.807) is 0 Å². The number of amides is 1. The number of aliphatic hydroxyl groups is 1. The van der Waals surface area contributed by atoms with Crippen LogP contribution < -0.4 is 5.32 Å². The maximum absolute atomic E-state index is 11.4. The van der Waals surface area contributed by atoms with Gasteiger partial charge in [-0.2, -0.15) is 0 Å². The van der Waals surface area contributed by atoms with Crippen molar-refractivity contribution in [3.05, 3.63) is 78.4 Å². The molecular formula is C22H19N3O2. The summed E-state index contributed by atoms with van der Waals surface area (Å²) in [6.45, 7) is 1.46. The Morgan fingerprint density at radius 1 is 1.04 bits per heavy atom. The fraction of sp³-hybridized carbons (Fsp3) is 0.0909. The van der Waals surface area contributed by atoms with E-state index in [1.807, 2.05) is 72.8 Å². The minimum atomic E-state index is -0.115. The van der Waals surface area contributed by atoms with Crippen molar-refractivity contribution in [1.82, 2.24) is 9.55 Å². The first-order valence-corrected chi connectivity index (χ1v) is 8.71. The van der Waals surface area contributed by atoms with Crippen molar-refractivity contribution in [3.63, 3.8) is 0 Å². The highest BCUT2D eigenvalue weighted by atomic mass is 16.3. The van der Waals surface area contributed by atoms with Crippen LogP contribution in [-0.2, 0) is 11.4 Å². The van der Waals surface area contributed by atoms with Crippen molar-refractivity contribution >= 4 is 22.6 Å². The lowest BCUT2D eigenvalue weighted by atomic mass is 10.1. The third-order valence-corrected chi connectivity index (χ3v) is 4.36. The minimum absolute atomic E-state index is 0.0263. The highest BCUT2D eigenvalue weighted by Gasteiger charge is 2.15. The fourth-order valence-electron chi connectivity index (χ4n) is 3.20. The Hall–Kier alpha value is -3.44. The molecule has 1 heterocycles. The van der Waals surface area contributed by atoms with Crippen LogP contribution in [-0.4, -0.2) is 20.6 Å². The first-order valence-electron chi connectivity index (χ1n) is 8.71. The topological polar surface area (TPSA) is 67.2 Å². The van der Waals surface area contributed by atoms with Crippen LogP contribution in [0.5, 0.6) is 0 Å². The molecule has 0 aliphatic heterocycles.